The highest BCUT2D eigenvalue weighted by Crippen LogP contribution is 2.40. The fourth-order valence-corrected chi connectivity index (χ4v) is 11.2. The number of carbonyl (C=O) groups excluding carboxylic acids is 8. The first-order valence-electron chi connectivity index (χ1n) is 30.3. The number of ketones is 2. The third kappa shape index (κ3) is 18.4. The highest BCUT2D eigenvalue weighted by molar-refractivity contribution is 6.02. The van der Waals surface area contributed by atoms with Gasteiger partial charge in [0.25, 0.3) is 0 Å². The number of nitrogens with one attached hydrogen (secondary N) is 5. The van der Waals surface area contributed by atoms with Crippen LogP contribution >= 0.6 is 0 Å². The molecular weight excluding hydrogens is 1130 g/mol. The minimum Gasteiger partial charge on any atom is -0.478 e. The molecule has 0 fully saturated rings. The summed E-state index contributed by atoms with van der Waals surface area (Å²) >= 11 is 0. The van der Waals surface area contributed by atoms with Crippen molar-refractivity contribution < 1.29 is 53.0 Å². The van der Waals surface area contributed by atoms with E-state index in [1.54, 1.807) is 61.5 Å². The van der Waals surface area contributed by atoms with Gasteiger partial charge in [-0.1, -0.05) is 159 Å². The number of benzene rings is 4. The number of fused-ring (bicyclic) bond motifs is 5. The van der Waals surface area contributed by atoms with Crippen molar-refractivity contribution in [3.05, 3.63) is 137 Å². The van der Waals surface area contributed by atoms with Crippen molar-refractivity contribution in [1.82, 2.24) is 41.6 Å². The highest BCUT2D eigenvalue weighted by atomic mass is 16.5. The van der Waals surface area contributed by atoms with Crippen LogP contribution in [0.15, 0.2) is 109 Å². The minimum absolute atomic E-state index is 0.0587. The minimum atomic E-state index is -1.08. The maximum absolute atomic E-state index is 14.3. The molecule has 6 rings (SSSR count). The second kappa shape index (κ2) is 30.9. The van der Waals surface area contributed by atoms with Gasteiger partial charge >= 0.3 is 18.0 Å². The monoisotopic (exact) mass is 1220 g/mol. The average molecular weight is 1220 g/mol. The predicted molar refractivity (Wildman–Crippen MR) is 340 cm³/mol. The summed E-state index contributed by atoms with van der Waals surface area (Å²) < 4.78 is 5.70. The van der Waals surface area contributed by atoms with E-state index in [0.29, 0.717) is 45.7 Å². The lowest BCUT2D eigenvalue weighted by molar-refractivity contribution is -0.144. The number of urea groups is 1. The lowest BCUT2D eigenvalue weighted by Gasteiger charge is -2.40. The molecule has 8 N–H and O–H groups in total. The average Bonchev–Trinajstić information content (AvgIpc) is 1.84. The number of amides is 6. The molecule has 0 spiro atoms. The summed E-state index contributed by atoms with van der Waals surface area (Å²) in [6.07, 6.45) is 1.53. The number of nitrogens with two attached hydrogens (primary N) is 1. The van der Waals surface area contributed by atoms with Gasteiger partial charge in [-0.05, 0) is 77.9 Å². The molecule has 21 nitrogen and oxygen atoms in total. The molecule has 5 atom stereocenters. The molecule has 6 amide bonds. The summed E-state index contributed by atoms with van der Waals surface area (Å²) in [4.78, 5) is 124. The Morgan fingerprint density at radius 3 is 2.03 bits per heavy atom. The third-order valence-corrected chi connectivity index (χ3v) is 16.5. The van der Waals surface area contributed by atoms with E-state index in [2.05, 4.69) is 36.7 Å². The Morgan fingerprint density at radius 1 is 0.764 bits per heavy atom. The number of aromatic nitrogens is 3. The van der Waals surface area contributed by atoms with Crippen molar-refractivity contribution >= 4 is 58.9 Å². The standard InChI is InChI=1S/C68H88N10O11/c1-40(2)51(37-48(79)30-31-56(81)78-38-46-20-13-14-22-49(46)58-59(75-76-74-58)50-23-15-16-25-53(50)78)62(83)72-52(24-18-32-71-66(69)88)55(80)35-43-26-28-44(29-27-43)39-89-57(82)36-45-19-17-21-47(34-45)68(9,10)60(70-11)63(84)73-61(67(6,7)8)64(85)77(12)54(41(3)4)33-42(5)65(86)87/h13-17,19-23,25-29,33-34,40-41,51-52,54,60-61,70H,18,24,30-32,35-39H2,1-12H3,(H,72,83)(H,73,84)(H,86,87)(H3,69,71,88)(H,74,75,76)/b42-33+/t51-,52-,54+,60+,61+/m1/s1. The molecule has 0 unspecified atom stereocenters. The van der Waals surface area contributed by atoms with Crippen LogP contribution in [0.25, 0.3) is 22.5 Å². The number of rotatable bonds is 29. The molecule has 0 radical (unpaired) electrons. The Kier molecular flexibility index (Phi) is 24.0. The first-order chi connectivity index (χ1) is 42.0. The van der Waals surface area contributed by atoms with Crippen molar-refractivity contribution in [3.63, 3.8) is 0 Å². The molecule has 89 heavy (non-hydrogen) atoms. The van der Waals surface area contributed by atoms with Crippen molar-refractivity contribution in [2.24, 2.45) is 28.9 Å². The van der Waals surface area contributed by atoms with Crippen LogP contribution in [-0.4, -0.2) is 123 Å². The van der Waals surface area contributed by atoms with Gasteiger partial charge in [-0.2, -0.15) is 15.4 Å². The first-order valence-corrected chi connectivity index (χ1v) is 30.3. The normalized spacial score (nSPS) is 14.1. The van der Waals surface area contributed by atoms with Crippen LogP contribution < -0.4 is 31.9 Å². The van der Waals surface area contributed by atoms with E-state index in [1.165, 1.54) is 11.8 Å². The number of nitrogens with zero attached hydrogens (tertiary/aromatic N) is 4. The summed E-state index contributed by atoms with van der Waals surface area (Å²) in [5, 5.41) is 32.7. The number of Topliss-reactive ketones (excluding diaryl/α,β-unsaturated/α-hetero) is 2. The van der Waals surface area contributed by atoms with Crippen molar-refractivity contribution in [3.8, 4) is 22.5 Å². The van der Waals surface area contributed by atoms with Gasteiger partial charge in [0.2, 0.25) is 23.6 Å². The maximum atomic E-state index is 14.3. The molecule has 0 bridgehead atoms. The number of primary amides is 1. The number of para-hydroxylation sites is 1. The molecule has 1 aromatic heterocycles. The number of aliphatic carboxylic acids is 1. The van der Waals surface area contributed by atoms with Crippen LogP contribution in [0, 0.1) is 23.2 Å². The van der Waals surface area contributed by atoms with E-state index in [9.17, 15) is 48.3 Å². The lowest BCUT2D eigenvalue weighted by Crippen LogP contribution is -2.61. The van der Waals surface area contributed by atoms with E-state index in [0.717, 1.165) is 16.7 Å². The predicted octanol–water partition coefficient (Wildman–Crippen LogP) is 7.94. The van der Waals surface area contributed by atoms with E-state index in [1.807, 2.05) is 123 Å². The quantitative estimate of drug-likeness (QED) is 0.0136. The van der Waals surface area contributed by atoms with Gasteiger partial charge in [0.1, 0.15) is 29.8 Å². The topological polar surface area (TPSA) is 305 Å². The summed E-state index contributed by atoms with van der Waals surface area (Å²) in [6.45, 7) is 18.6. The number of aromatic amines is 1. The first kappa shape index (κ1) is 69.3. The molecule has 0 saturated heterocycles. The van der Waals surface area contributed by atoms with Gasteiger partial charge in [0.15, 0.2) is 5.78 Å². The van der Waals surface area contributed by atoms with Crippen LogP contribution in [0.2, 0.25) is 0 Å². The summed E-state index contributed by atoms with van der Waals surface area (Å²) in [6, 6.07) is 25.3. The number of carbonyl (C=O) groups is 9. The lowest BCUT2D eigenvalue weighted by atomic mass is 9.76. The number of H-pyrrole nitrogens is 1. The zero-order valence-corrected chi connectivity index (χ0v) is 53.3. The van der Waals surface area contributed by atoms with E-state index >= 15 is 0 Å². The van der Waals surface area contributed by atoms with Crippen LogP contribution in [0.5, 0.6) is 0 Å². The number of carboxylic acid groups (broad SMARTS) is 1. The third-order valence-electron chi connectivity index (χ3n) is 16.5. The van der Waals surface area contributed by atoms with Crippen LogP contribution in [-0.2, 0) is 74.5 Å². The molecule has 0 aliphatic carbocycles. The molecule has 0 saturated carbocycles. The molecular formula is C68H88N10O11. The van der Waals surface area contributed by atoms with Crippen molar-refractivity contribution in [1.29, 1.82) is 0 Å². The van der Waals surface area contributed by atoms with Gasteiger partial charge in [0, 0.05) is 67.3 Å². The fraction of sp³-hybridized carbons (Fsp3) is 0.456. The molecule has 4 aromatic carbocycles. The number of esters is 1. The Morgan fingerprint density at radius 2 is 1.40 bits per heavy atom. The van der Waals surface area contributed by atoms with E-state index in [4.69, 9.17) is 10.5 Å². The zero-order chi connectivity index (χ0) is 65.5. The van der Waals surface area contributed by atoms with Gasteiger partial charge in [-0.25, -0.2) is 9.59 Å². The van der Waals surface area contributed by atoms with Crippen LogP contribution in [0.3, 0.4) is 0 Å². The Hall–Kier alpha value is -8.85. The number of hydrogen-bond acceptors (Lipinski definition) is 13. The molecule has 2 heterocycles. The van der Waals surface area contributed by atoms with Crippen LogP contribution in [0.4, 0.5) is 10.5 Å². The van der Waals surface area contributed by atoms with Gasteiger partial charge < -0.3 is 46.6 Å². The number of anilines is 1. The summed E-state index contributed by atoms with van der Waals surface area (Å²) in [5.41, 5.74) is 10.8. The molecule has 476 valence electrons. The molecule has 21 heteroatoms. The number of ether oxygens (including phenoxy) is 1. The second-order valence-corrected chi connectivity index (χ2v) is 25.3. The van der Waals surface area contributed by atoms with Crippen molar-refractivity contribution in [2.75, 3.05) is 25.5 Å². The smallest absolute Gasteiger partial charge is 0.331 e. The molecule has 1 aliphatic rings. The van der Waals surface area contributed by atoms with E-state index in [-0.39, 0.29) is 99.0 Å². The SMILES string of the molecule is CN[C@@H](C(=O)N[C@@H](C(=O)N(C)[C@@H](/C=C(\C)C(=O)O)C(C)C)C(C)(C)C)C(C)(C)c1cccc(CC(=O)OCc2ccc(CC(=O)[C@@H](CCCNC(N)=O)NC(=O)[C@H](CC(=O)CCC(=O)N3Cc4ccccc4-c4n[nH]nc4-c4ccccc43)C(C)C)cc2)c1. The van der Waals surface area contributed by atoms with Crippen LogP contribution in [0.1, 0.15) is 129 Å². The second-order valence-electron chi connectivity index (χ2n) is 25.3. The largest absolute Gasteiger partial charge is 0.478 e. The molecule has 1 aliphatic heterocycles. The summed E-state index contributed by atoms with van der Waals surface area (Å²) in [5.74, 6) is -4.96. The van der Waals surface area contributed by atoms with Gasteiger partial charge in [-0.3, -0.25) is 33.6 Å². The number of hydrogen-bond donors (Lipinski definition) is 7. The summed E-state index contributed by atoms with van der Waals surface area (Å²) in [7, 11) is 3.27. The molecule has 5 aromatic rings. The van der Waals surface area contributed by atoms with E-state index < -0.39 is 70.7 Å². The Bertz CT molecular complexity index is 3400. The number of carboxylic acids is 1. The fourth-order valence-electron chi connectivity index (χ4n) is 11.2. The van der Waals surface area contributed by atoms with Gasteiger partial charge in [-0.15, -0.1) is 0 Å². The van der Waals surface area contributed by atoms with Crippen molar-refractivity contribution in [2.45, 2.75) is 157 Å². The zero-order valence-electron chi connectivity index (χ0n) is 53.3. The highest BCUT2D eigenvalue weighted by Gasteiger charge is 2.42. The Balaban J connectivity index is 1.04. The number of likely N-dealkylation sites (N-methyl/N-ethyl adjacent to an activating group) is 2. The van der Waals surface area contributed by atoms with Gasteiger partial charge in [0.05, 0.1) is 36.8 Å². The maximum Gasteiger partial charge on any atom is 0.331 e. The Labute approximate surface area is 521 Å².